The van der Waals surface area contributed by atoms with Crippen LogP contribution in [0.25, 0.3) is 0 Å². The predicted molar refractivity (Wildman–Crippen MR) is 151 cm³/mol. The van der Waals surface area contributed by atoms with Crippen molar-refractivity contribution in [2.24, 2.45) is 38.7 Å². The Morgan fingerprint density at radius 3 is 1.57 bits per heavy atom. The van der Waals surface area contributed by atoms with Crippen LogP contribution in [-0.2, 0) is 24.0 Å². The summed E-state index contributed by atoms with van der Waals surface area (Å²) in [5.41, 5.74) is 27.1. The van der Waals surface area contributed by atoms with E-state index >= 15 is 0 Å². The maximum atomic E-state index is 13.2. The summed E-state index contributed by atoms with van der Waals surface area (Å²) in [6, 6.07) is -4.75. The second-order valence-electron chi connectivity index (χ2n) is 8.74. The van der Waals surface area contributed by atoms with Crippen LogP contribution in [0.4, 0.5) is 0 Å². The minimum absolute atomic E-state index is 0.0494. The topological polar surface area (TPSA) is 317 Å². The van der Waals surface area contributed by atoms with Gasteiger partial charge in [-0.1, -0.05) is 0 Å². The Morgan fingerprint density at radius 2 is 1.18 bits per heavy atom. The van der Waals surface area contributed by atoms with Gasteiger partial charge in [-0.2, -0.15) is 11.8 Å². The predicted octanol–water partition coefficient (Wildman–Crippen LogP) is -3.42. The van der Waals surface area contributed by atoms with E-state index in [1.807, 2.05) is 0 Å². The third-order valence-electron chi connectivity index (χ3n) is 5.39. The minimum Gasteiger partial charge on any atom is -0.481 e. The highest BCUT2D eigenvalue weighted by Gasteiger charge is 2.30. The van der Waals surface area contributed by atoms with E-state index in [0.717, 1.165) is 0 Å². The van der Waals surface area contributed by atoms with E-state index in [2.05, 4.69) is 25.9 Å². The molecule has 4 unspecified atom stereocenters. The second kappa shape index (κ2) is 20.2. The van der Waals surface area contributed by atoms with Crippen LogP contribution in [0, 0.1) is 0 Å². The highest BCUT2D eigenvalue weighted by Crippen LogP contribution is 2.07. The molecule has 0 spiro atoms. The Hall–Kier alpha value is -3.80. The average molecular weight is 591 g/mol. The molecule has 18 heteroatoms. The summed E-state index contributed by atoms with van der Waals surface area (Å²) in [5.74, 6) is -4.46. The summed E-state index contributed by atoms with van der Waals surface area (Å²) in [7, 11) is 0. The molecule has 0 heterocycles. The molecule has 0 bridgehead atoms. The van der Waals surface area contributed by atoms with Crippen molar-refractivity contribution in [3.8, 4) is 0 Å². The van der Waals surface area contributed by atoms with Crippen LogP contribution >= 0.6 is 11.8 Å². The Kier molecular flexibility index (Phi) is 18.2. The number of nitrogens with zero attached hydrogens (tertiary/aromatic N) is 2. The van der Waals surface area contributed by atoms with Crippen molar-refractivity contribution in [1.29, 1.82) is 0 Å². The number of aliphatic carboxylic acids is 2. The summed E-state index contributed by atoms with van der Waals surface area (Å²) < 4.78 is 0. The molecule has 0 aliphatic heterocycles. The number of amides is 3. The van der Waals surface area contributed by atoms with Gasteiger partial charge in [-0.15, -0.1) is 0 Å². The molecule has 17 nitrogen and oxygen atoms in total. The summed E-state index contributed by atoms with van der Waals surface area (Å²) in [6.45, 7) is 0.291. The number of guanidine groups is 2. The highest BCUT2D eigenvalue weighted by atomic mass is 32.2. The molecule has 15 N–H and O–H groups in total. The number of hydrogen-bond donors (Lipinski definition) is 10. The van der Waals surface area contributed by atoms with E-state index < -0.39 is 53.8 Å². The fraction of sp³-hybridized carbons (Fsp3) is 0.682. The van der Waals surface area contributed by atoms with Gasteiger partial charge in [0.25, 0.3) is 0 Å². The molecule has 0 aromatic rings. The van der Waals surface area contributed by atoms with Gasteiger partial charge in [-0.05, 0) is 50.5 Å². The van der Waals surface area contributed by atoms with Crippen LogP contribution in [0.3, 0.4) is 0 Å². The Bertz CT molecular complexity index is 910. The summed E-state index contributed by atoms with van der Waals surface area (Å²) in [4.78, 5) is 68.9. The first-order chi connectivity index (χ1) is 18.8. The summed E-state index contributed by atoms with van der Waals surface area (Å²) in [5, 5.41) is 25.8. The number of rotatable bonds is 21. The van der Waals surface area contributed by atoms with Crippen LogP contribution in [0.1, 0.15) is 44.9 Å². The Labute approximate surface area is 236 Å². The number of aliphatic imine (C=N–C) groups is 2. The molecule has 228 valence electrons. The monoisotopic (exact) mass is 590 g/mol. The van der Waals surface area contributed by atoms with E-state index in [-0.39, 0.29) is 70.0 Å². The number of carboxylic acids is 2. The smallest absolute Gasteiger partial charge is 0.326 e. The Balaban J connectivity index is 5.74. The van der Waals surface area contributed by atoms with Gasteiger partial charge >= 0.3 is 11.9 Å². The van der Waals surface area contributed by atoms with Gasteiger partial charge < -0.3 is 54.8 Å². The van der Waals surface area contributed by atoms with Crippen molar-refractivity contribution in [2.75, 3.05) is 25.1 Å². The quantitative estimate of drug-likeness (QED) is 0.0354. The second-order valence-corrected chi connectivity index (χ2v) is 9.73. The summed E-state index contributed by atoms with van der Waals surface area (Å²) >= 11 is 1.41. The lowest BCUT2D eigenvalue weighted by Crippen LogP contribution is -2.57. The van der Waals surface area contributed by atoms with E-state index in [1.54, 1.807) is 6.26 Å². The first-order valence-electron chi connectivity index (χ1n) is 12.5. The normalized spacial score (nSPS) is 13.6. The van der Waals surface area contributed by atoms with Crippen LogP contribution in [0.5, 0.6) is 0 Å². The summed E-state index contributed by atoms with van der Waals surface area (Å²) in [6.07, 6.45) is 2.07. The molecule has 0 radical (unpaired) electrons. The molecule has 0 aliphatic carbocycles. The van der Waals surface area contributed by atoms with Gasteiger partial charge in [0.1, 0.15) is 18.1 Å². The lowest BCUT2D eigenvalue weighted by molar-refractivity contribution is -0.142. The molecule has 0 aliphatic rings. The van der Waals surface area contributed by atoms with Crippen LogP contribution in [0.15, 0.2) is 9.98 Å². The minimum atomic E-state index is -1.23. The lowest BCUT2D eigenvalue weighted by Gasteiger charge is -2.25. The standard InChI is InChI=1S/C22H42N10O7S/c1-40-11-8-15(20(38)39)32-19(37)14(5-3-10-29-22(26)27)31-18(36)13(4-2-9-28-21(24)25)30-17(35)12(23)6-7-16(33)34/h12-15H,2-11,23H2,1H3,(H,30,35)(H,31,36)(H,32,37)(H,33,34)(H,38,39)(H4,24,25,28)(H4,26,27,29). The lowest BCUT2D eigenvalue weighted by atomic mass is 10.1. The number of nitrogens with two attached hydrogens (primary N) is 5. The SMILES string of the molecule is CSCCC(NC(=O)C(CCCN=C(N)N)NC(=O)C(CCCN=C(N)N)NC(=O)C(N)CCC(=O)O)C(=O)O. The number of carbonyl (C=O) groups is 5. The van der Waals surface area contributed by atoms with Gasteiger partial charge in [0.2, 0.25) is 17.7 Å². The van der Waals surface area contributed by atoms with E-state index in [1.165, 1.54) is 11.8 Å². The molecule has 0 fully saturated rings. The number of carbonyl (C=O) groups excluding carboxylic acids is 3. The molecular formula is C22H42N10O7S. The van der Waals surface area contributed by atoms with Crippen molar-refractivity contribution in [2.45, 2.75) is 69.1 Å². The molecule has 4 atom stereocenters. The van der Waals surface area contributed by atoms with Crippen molar-refractivity contribution in [3.05, 3.63) is 0 Å². The first kappa shape index (κ1) is 36.2. The average Bonchev–Trinajstić information content (AvgIpc) is 2.87. The number of thioether (sulfide) groups is 1. The first-order valence-corrected chi connectivity index (χ1v) is 13.9. The van der Waals surface area contributed by atoms with Gasteiger partial charge in [0.05, 0.1) is 6.04 Å². The van der Waals surface area contributed by atoms with E-state index in [9.17, 15) is 29.1 Å². The molecule has 40 heavy (non-hydrogen) atoms. The fourth-order valence-electron chi connectivity index (χ4n) is 3.27. The van der Waals surface area contributed by atoms with Crippen molar-refractivity contribution in [1.82, 2.24) is 16.0 Å². The van der Waals surface area contributed by atoms with Gasteiger partial charge in [0.15, 0.2) is 11.9 Å². The van der Waals surface area contributed by atoms with Gasteiger partial charge in [-0.3, -0.25) is 29.2 Å². The maximum Gasteiger partial charge on any atom is 0.326 e. The van der Waals surface area contributed by atoms with Gasteiger partial charge in [0, 0.05) is 19.5 Å². The zero-order valence-corrected chi connectivity index (χ0v) is 23.3. The molecule has 0 rings (SSSR count). The zero-order chi connectivity index (χ0) is 30.7. The van der Waals surface area contributed by atoms with Crippen LogP contribution in [0.2, 0.25) is 0 Å². The molecule has 0 saturated carbocycles. The largest absolute Gasteiger partial charge is 0.481 e. The van der Waals surface area contributed by atoms with Crippen molar-refractivity contribution < 1.29 is 34.2 Å². The van der Waals surface area contributed by atoms with Crippen LogP contribution < -0.4 is 44.6 Å². The molecule has 0 saturated heterocycles. The number of carboxylic acid groups (broad SMARTS) is 2. The third kappa shape index (κ3) is 16.9. The van der Waals surface area contributed by atoms with Gasteiger partial charge in [-0.25, -0.2) is 4.79 Å². The molecular weight excluding hydrogens is 548 g/mol. The Morgan fingerprint density at radius 1 is 0.725 bits per heavy atom. The number of nitrogens with one attached hydrogen (secondary N) is 3. The third-order valence-corrected chi connectivity index (χ3v) is 6.03. The van der Waals surface area contributed by atoms with E-state index in [0.29, 0.717) is 5.75 Å². The molecule has 0 aromatic carbocycles. The van der Waals surface area contributed by atoms with Crippen molar-refractivity contribution in [3.63, 3.8) is 0 Å². The van der Waals surface area contributed by atoms with Crippen molar-refractivity contribution >= 4 is 53.3 Å². The zero-order valence-electron chi connectivity index (χ0n) is 22.5. The maximum absolute atomic E-state index is 13.2. The van der Waals surface area contributed by atoms with E-state index in [4.69, 9.17) is 33.8 Å². The molecule has 3 amide bonds. The number of hydrogen-bond acceptors (Lipinski definition) is 9. The van der Waals surface area contributed by atoms with Crippen LogP contribution in [-0.4, -0.2) is 101 Å². The molecule has 0 aromatic heterocycles. The highest BCUT2D eigenvalue weighted by molar-refractivity contribution is 7.98. The fourth-order valence-corrected chi connectivity index (χ4v) is 3.74.